The second kappa shape index (κ2) is 7.27. The summed E-state index contributed by atoms with van der Waals surface area (Å²) in [4.78, 5) is 8.80. The van der Waals surface area contributed by atoms with Crippen LogP contribution in [0.15, 0.2) is 71.4 Å². The van der Waals surface area contributed by atoms with E-state index in [1.54, 1.807) is 6.20 Å². The van der Waals surface area contributed by atoms with Gasteiger partial charge < -0.3 is 15.1 Å². The quantitative estimate of drug-likeness (QED) is 0.528. The Morgan fingerprint density at radius 1 is 0.962 bits per heavy atom. The van der Waals surface area contributed by atoms with Gasteiger partial charge in [0.1, 0.15) is 17.3 Å². The summed E-state index contributed by atoms with van der Waals surface area (Å²) in [5.74, 6) is 2.65. The largest absolute Gasteiger partial charge is 0.465 e. The number of hydrogen-bond donors (Lipinski definition) is 2. The lowest BCUT2D eigenvalue weighted by molar-refractivity contribution is 0.490. The van der Waals surface area contributed by atoms with Crippen LogP contribution in [0.3, 0.4) is 0 Å². The van der Waals surface area contributed by atoms with Gasteiger partial charge in [0, 0.05) is 30.0 Å². The summed E-state index contributed by atoms with van der Waals surface area (Å²) in [6, 6.07) is 18.2. The van der Waals surface area contributed by atoms with Crippen LogP contribution >= 0.6 is 0 Å². The van der Waals surface area contributed by atoms with E-state index in [1.807, 2.05) is 49.5 Å². The Balaban J connectivity index is 1.43. The Kier molecular flexibility index (Phi) is 4.51. The maximum Gasteiger partial charge on any atom is 0.127 e. The second-order valence-electron chi connectivity index (χ2n) is 6.18. The number of anilines is 2. The van der Waals surface area contributed by atoms with Crippen LogP contribution in [0, 0.1) is 6.92 Å². The van der Waals surface area contributed by atoms with E-state index in [2.05, 4.69) is 38.8 Å². The fraction of sp³-hybridized carbons (Fsp3) is 0.143. The molecule has 0 saturated carbocycles. The molecule has 2 N–H and O–H groups in total. The van der Waals surface area contributed by atoms with Crippen LogP contribution in [0.5, 0.6) is 0 Å². The highest BCUT2D eigenvalue weighted by atomic mass is 16.3. The van der Waals surface area contributed by atoms with Crippen molar-refractivity contribution in [1.29, 1.82) is 0 Å². The van der Waals surface area contributed by atoms with Gasteiger partial charge in [-0.2, -0.15) is 0 Å². The van der Waals surface area contributed by atoms with Crippen molar-refractivity contribution in [3.8, 4) is 0 Å². The zero-order chi connectivity index (χ0) is 17.8. The SMILES string of the molecule is Cc1ccc(CNc2ccc3cc(NCc4cccnc4)ccc3n2)o1. The molecule has 0 radical (unpaired) electrons. The monoisotopic (exact) mass is 344 g/mol. The number of nitrogens with zero attached hydrogens (tertiary/aromatic N) is 2. The summed E-state index contributed by atoms with van der Waals surface area (Å²) in [7, 11) is 0. The first-order valence-electron chi connectivity index (χ1n) is 8.59. The topological polar surface area (TPSA) is 63.0 Å². The minimum absolute atomic E-state index is 0.622. The third-order valence-corrected chi connectivity index (χ3v) is 4.15. The first-order valence-corrected chi connectivity index (χ1v) is 8.59. The molecule has 3 heterocycles. The highest BCUT2D eigenvalue weighted by molar-refractivity contribution is 5.83. The van der Waals surface area contributed by atoms with Crippen LogP contribution in [0.2, 0.25) is 0 Å². The van der Waals surface area contributed by atoms with Gasteiger partial charge in [-0.15, -0.1) is 0 Å². The molecule has 0 aliphatic heterocycles. The van der Waals surface area contributed by atoms with Crippen molar-refractivity contribution in [1.82, 2.24) is 9.97 Å². The lowest BCUT2D eigenvalue weighted by Gasteiger charge is -2.09. The van der Waals surface area contributed by atoms with Crippen molar-refractivity contribution in [2.24, 2.45) is 0 Å². The molecule has 0 atom stereocenters. The standard InChI is InChI=1S/C21H20N4O/c1-15-4-7-19(26-15)14-24-21-9-5-17-11-18(6-8-20(17)25-21)23-13-16-3-2-10-22-12-16/h2-12,23H,13-14H2,1H3,(H,24,25). The number of aryl methyl sites for hydroxylation is 1. The van der Waals surface area contributed by atoms with Gasteiger partial charge in [-0.25, -0.2) is 4.98 Å². The first kappa shape index (κ1) is 16.1. The van der Waals surface area contributed by atoms with Crippen LogP contribution in [0.25, 0.3) is 10.9 Å². The lowest BCUT2D eigenvalue weighted by Crippen LogP contribution is -2.01. The number of hydrogen-bond acceptors (Lipinski definition) is 5. The van der Waals surface area contributed by atoms with Gasteiger partial charge in [0.15, 0.2) is 0 Å². The van der Waals surface area contributed by atoms with Gasteiger partial charge in [0.05, 0.1) is 12.1 Å². The summed E-state index contributed by atoms with van der Waals surface area (Å²) >= 11 is 0. The molecule has 0 amide bonds. The minimum Gasteiger partial charge on any atom is -0.465 e. The second-order valence-corrected chi connectivity index (χ2v) is 6.18. The molecule has 0 saturated heterocycles. The number of pyridine rings is 2. The van der Waals surface area contributed by atoms with Crippen molar-refractivity contribution < 1.29 is 4.42 Å². The average Bonchev–Trinajstić information content (AvgIpc) is 3.10. The Bertz CT molecular complexity index is 1010. The molecule has 130 valence electrons. The Labute approximate surface area is 152 Å². The van der Waals surface area contributed by atoms with E-state index in [1.165, 1.54) is 0 Å². The molecule has 0 aliphatic rings. The molecule has 4 rings (SSSR count). The van der Waals surface area contributed by atoms with E-state index < -0.39 is 0 Å². The zero-order valence-electron chi connectivity index (χ0n) is 14.6. The first-order chi connectivity index (χ1) is 12.8. The highest BCUT2D eigenvalue weighted by Crippen LogP contribution is 2.21. The molecule has 5 heteroatoms. The molecule has 0 unspecified atom stereocenters. The fourth-order valence-corrected chi connectivity index (χ4v) is 2.80. The third kappa shape index (κ3) is 3.83. The number of rotatable bonds is 6. The molecule has 0 spiro atoms. The molecule has 26 heavy (non-hydrogen) atoms. The molecule has 5 nitrogen and oxygen atoms in total. The maximum atomic E-state index is 5.57. The van der Waals surface area contributed by atoms with Crippen molar-refractivity contribution >= 4 is 22.4 Å². The summed E-state index contributed by atoms with van der Waals surface area (Å²) in [6.07, 6.45) is 3.65. The van der Waals surface area contributed by atoms with Crippen LogP contribution in [0.4, 0.5) is 11.5 Å². The number of benzene rings is 1. The van der Waals surface area contributed by atoms with Crippen LogP contribution in [-0.2, 0) is 13.1 Å². The number of aromatic nitrogens is 2. The minimum atomic E-state index is 0.622. The normalized spacial score (nSPS) is 10.8. The highest BCUT2D eigenvalue weighted by Gasteiger charge is 2.03. The molecule has 1 aromatic carbocycles. The zero-order valence-corrected chi connectivity index (χ0v) is 14.6. The summed E-state index contributed by atoms with van der Waals surface area (Å²) in [5.41, 5.74) is 3.17. The van der Waals surface area contributed by atoms with E-state index in [-0.39, 0.29) is 0 Å². The van der Waals surface area contributed by atoms with E-state index in [0.717, 1.165) is 46.0 Å². The van der Waals surface area contributed by atoms with Crippen molar-refractivity contribution in [2.45, 2.75) is 20.0 Å². The number of furan rings is 1. The van der Waals surface area contributed by atoms with Crippen molar-refractivity contribution in [3.05, 3.63) is 84.1 Å². The fourth-order valence-electron chi connectivity index (χ4n) is 2.80. The Hall–Kier alpha value is -3.34. The van der Waals surface area contributed by atoms with Gasteiger partial charge in [-0.3, -0.25) is 4.98 Å². The molecule has 0 fully saturated rings. The Morgan fingerprint density at radius 3 is 2.73 bits per heavy atom. The molecule has 4 aromatic rings. The lowest BCUT2D eigenvalue weighted by atomic mass is 10.2. The molecular formula is C21H20N4O. The summed E-state index contributed by atoms with van der Waals surface area (Å²) in [6.45, 7) is 3.31. The van der Waals surface area contributed by atoms with Crippen LogP contribution in [0.1, 0.15) is 17.1 Å². The van der Waals surface area contributed by atoms with Gasteiger partial charge in [-0.05, 0) is 61.0 Å². The van der Waals surface area contributed by atoms with Crippen LogP contribution in [-0.4, -0.2) is 9.97 Å². The van der Waals surface area contributed by atoms with E-state index in [9.17, 15) is 0 Å². The predicted molar refractivity (Wildman–Crippen MR) is 104 cm³/mol. The molecule has 0 bridgehead atoms. The van der Waals surface area contributed by atoms with E-state index in [0.29, 0.717) is 6.54 Å². The maximum absolute atomic E-state index is 5.57. The molecular weight excluding hydrogens is 324 g/mol. The summed E-state index contributed by atoms with van der Waals surface area (Å²) in [5, 5.41) is 7.82. The van der Waals surface area contributed by atoms with Gasteiger partial charge in [0.2, 0.25) is 0 Å². The van der Waals surface area contributed by atoms with E-state index in [4.69, 9.17) is 4.42 Å². The average molecular weight is 344 g/mol. The predicted octanol–water partition coefficient (Wildman–Crippen LogP) is 4.76. The van der Waals surface area contributed by atoms with Crippen molar-refractivity contribution in [2.75, 3.05) is 10.6 Å². The number of nitrogens with one attached hydrogen (secondary N) is 2. The molecule has 0 aliphatic carbocycles. The van der Waals surface area contributed by atoms with Crippen LogP contribution < -0.4 is 10.6 Å². The third-order valence-electron chi connectivity index (χ3n) is 4.15. The van der Waals surface area contributed by atoms with Gasteiger partial charge in [-0.1, -0.05) is 6.07 Å². The molecule has 3 aromatic heterocycles. The summed E-state index contributed by atoms with van der Waals surface area (Å²) < 4.78 is 5.57. The van der Waals surface area contributed by atoms with E-state index >= 15 is 0 Å². The number of fused-ring (bicyclic) bond motifs is 1. The van der Waals surface area contributed by atoms with Crippen molar-refractivity contribution in [3.63, 3.8) is 0 Å². The smallest absolute Gasteiger partial charge is 0.127 e. The van der Waals surface area contributed by atoms with Gasteiger partial charge in [0.25, 0.3) is 0 Å². The van der Waals surface area contributed by atoms with Gasteiger partial charge >= 0.3 is 0 Å². The Morgan fingerprint density at radius 2 is 1.92 bits per heavy atom.